The summed E-state index contributed by atoms with van der Waals surface area (Å²) in [6.45, 7) is 5.25. The van der Waals surface area contributed by atoms with Crippen LogP contribution in [0.4, 0.5) is 14.5 Å². The summed E-state index contributed by atoms with van der Waals surface area (Å²) in [4.78, 5) is 14.7. The molecule has 1 saturated heterocycles. The van der Waals surface area contributed by atoms with Crippen molar-refractivity contribution < 1.29 is 13.6 Å². The Morgan fingerprint density at radius 2 is 1.86 bits per heavy atom. The number of halogens is 2. The minimum atomic E-state index is -0.618. The molecule has 2 rings (SSSR count). The van der Waals surface area contributed by atoms with Crippen LogP contribution < -0.4 is 10.2 Å². The highest BCUT2D eigenvalue weighted by Crippen LogP contribution is 2.26. The number of hydrogen-bond acceptors (Lipinski definition) is 3. The number of amides is 1. The van der Waals surface area contributed by atoms with Gasteiger partial charge in [0.15, 0.2) is 0 Å². The maximum atomic E-state index is 14.2. The molecule has 1 aliphatic heterocycles. The minimum absolute atomic E-state index is 0.00787. The fourth-order valence-electron chi connectivity index (χ4n) is 2.29. The van der Waals surface area contributed by atoms with Crippen LogP contribution in [0, 0.1) is 11.6 Å². The van der Waals surface area contributed by atoms with E-state index in [4.69, 9.17) is 0 Å². The van der Waals surface area contributed by atoms with E-state index in [1.165, 1.54) is 17.0 Å². The number of piperazine rings is 1. The van der Waals surface area contributed by atoms with Gasteiger partial charge in [0.25, 0.3) is 0 Å². The molecule has 0 aromatic heterocycles. The van der Waals surface area contributed by atoms with Gasteiger partial charge in [-0.25, -0.2) is 8.78 Å². The Balaban J connectivity index is 2.19. The van der Waals surface area contributed by atoms with E-state index in [-0.39, 0.29) is 24.2 Å². The number of likely N-dealkylation sites (N-methyl/N-ethyl adjacent to an activating group) is 1. The predicted molar refractivity (Wildman–Crippen MR) is 78.2 cm³/mol. The molecule has 21 heavy (non-hydrogen) atoms. The summed E-state index contributed by atoms with van der Waals surface area (Å²) >= 11 is 0. The maximum Gasteiger partial charge on any atom is 0.241 e. The number of carbonyl (C=O) groups excluding carboxylic acids is 1. The number of carbonyl (C=O) groups is 1. The van der Waals surface area contributed by atoms with E-state index in [1.54, 1.807) is 11.9 Å². The Labute approximate surface area is 123 Å². The van der Waals surface area contributed by atoms with E-state index >= 15 is 0 Å². The zero-order chi connectivity index (χ0) is 15.6. The first-order valence-electron chi connectivity index (χ1n) is 7.08. The summed E-state index contributed by atoms with van der Waals surface area (Å²) in [5, 5.41) is 3.12. The second-order valence-corrected chi connectivity index (χ2v) is 5.68. The van der Waals surface area contributed by atoms with Gasteiger partial charge in [-0.1, -0.05) is 13.8 Å². The number of nitrogens with zero attached hydrogens (tertiary/aromatic N) is 2. The van der Waals surface area contributed by atoms with Gasteiger partial charge >= 0.3 is 0 Å². The molecule has 1 aliphatic rings. The lowest BCUT2D eigenvalue weighted by Gasteiger charge is -2.33. The molecule has 1 amide bonds. The topological polar surface area (TPSA) is 35.6 Å². The Kier molecular flexibility index (Phi) is 4.77. The third-order valence-corrected chi connectivity index (χ3v) is 3.56. The van der Waals surface area contributed by atoms with Gasteiger partial charge in [0, 0.05) is 32.7 Å². The second-order valence-electron chi connectivity index (χ2n) is 5.68. The molecule has 1 heterocycles. The highest BCUT2D eigenvalue weighted by atomic mass is 19.1. The second kappa shape index (κ2) is 6.39. The average molecular weight is 297 g/mol. The van der Waals surface area contributed by atoms with Gasteiger partial charge in [-0.2, -0.15) is 0 Å². The summed E-state index contributed by atoms with van der Waals surface area (Å²) in [5.41, 5.74) is 0.452. The van der Waals surface area contributed by atoms with E-state index in [9.17, 15) is 13.6 Å². The van der Waals surface area contributed by atoms with Gasteiger partial charge in [-0.15, -0.1) is 0 Å². The van der Waals surface area contributed by atoms with Crippen molar-refractivity contribution in [1.82, 2.24) is 10.2 Å². The number of nitrogens with one attached hydrogen (secondary N) is 1. The molecule has 0 unspecified atom stereocenters. The molecule has 1 aromatic carbocycles. The highest BCUT2D eigenvalue weighted by molar-refractivity contribution is 5.82. The molecule has 6 heteroatoms. The van der Waals surface area contributed by atoms with Crippen molar-refractivity contribution in [2.75, 3.05) is 31.6 Å². The summed E-state index contributed by atoms with van der Waals surface area (Å²) < 4.78 is 28.4. The summed E-state index contributed by atoms with van der Waals surface area (Å²) in [7, 11) is 1.69. The monoisotopic (exact) mass is 297 g/mol. The van der Waals surface area contributed by atoms with Crippen molar-refractivity contribution in [3.63, 3.8) is 0 Å². The molecule has 1 aromatic rings. The van der Waals surface area contributed by atoms with Crippen LogP contribution in [-0.2, 0) is 11.3 Å². The van der Waals surface area contributed by atoms with E-state index < -0.39 is 11.6 Å². The Bertz CT molecular complexity index is 511. The molecule has 0 atom stereocenters. The Morgan fingerprint density at radius 3 is 2.38 bits per heavy atom. The molecule has 0 saturated carbocycles. The van der Waals surface area contributed by atoms with Crippen molar-refractivity contribution in [2.45, 2.75) is 26.4 Å². The lowest BCUT2D eigenvalue weighted by atomic mass is 10.1. The third kappa shape index (κ3) is 3.69. The molecule has 1 fully saturated rings. The summed E-state index contributed by atoms with van der Waals surface area (Å²) in [6, 6.07) is 2.90. The van der Waals surface area contributed by atoms with Crippen molar-refractivity contribution in [3.8, 4) is 0 Å². The minimum Gasteiger partial charge on any atom is -0.356 e. The molecular formula is C15H21F2N3O. The normalized spacial score (nSPS) is 16.0. The first kappa shape index (κ1) is 15.7. The van der Waals surface area contributed by atoms with Gasteiger partial charge in [0.05, 0.1) is 6.54 Å². The van der Waals surface area contributed by atoms with Gasteiger partial charge in [-0.05, 0) is 17.7 Å². The molecule has 0 aliphatic carbocycles. The average Bonchev–Trinajstić information content (AvgIpc) is 2.39. The molecule has 0 radical (unpaired) electrons. The SMILES string of the molecule is CC(C)NCc1cc(F)c(N2CCN(C)C(=O)C2)c(F)c1. The van der Waals surface area contributed by atoms with Gasteiger partial charge in [0.1, 0.15) is 17.3 Å². The van der Waals surface area contributed by atoms with Crippen molar-refractivity contribution in [3.05, 3.63) is 29.3 Å². The lowest BCUT2D eigenvalue weighted by molar-refractivity contribution is -0.129. The standard InChI is InChI=1S/C15H21F2N3O/c1-10(2)18-8-11-6-12(16)15(13(17)7-11)20-5-4-19(3)14(21)9-20/h6-7,10,18H,4-5,8-9H2,1-3H3. The predicted octanol–water partition coefficient (Wildman–Crippen LogP) is 1.74. The van der Waals surface area contributed by atoms with E-state index in [0.717, 1.165) is 0 Å². The van der Waals surface area contributed by atoms with Crippen LogP contribution in [0.25, 0.3) is 0 Å². The first-order valence-corrected chi connectivity index (χ1v) is 7.08. The molecule has 1 N–H and O–H groups in total. The quantitative estimate of drug-likeness (QED) is 0.919. The highest BCUT2D eigenvalue weighted by Gasteiger charge is 2.25. The third-order valence-electron chi connectivity index (χ3n) is 3.56. The maximum absolute atomic E-state index is 14.2. The van der Waals surface area contributed by atoms with Gasteiger partial charge < -0.3 is 15.1 Å². The molecule has 116 valence electrons. The van der Waals surface area contributed by atoms with E-state index in [2.05, 4.69) is 5.32 Å². The summed E-state index contributed by atoms with van der Waals surface area (Å²) in [5.74, 6) is -1.37. The summed E-state index contributed by atoms with van der Waals surface area (Å²) in [6.07, 6.45) is 0. The number of anilines is 1. The van der Waals surface area contributed by atoms with Gasteiger partial charge in [0.2, 0.25) is 5.91 Å². The molecule has 0 bridgehead atoms. The van der Waals surface area contributed by atoms with Crippen LogP contribution in [0.2, 0.25) is 0 Å². The fourth-order valence-corrected chi connectivity index (χ4v) is 2.29. The zero-order valence-electron chi connectivity index (χ0n) is 12.6. The smallest absolute Gasteiger partial charge is 0.241 e. The Hall–Kier alpha value is -1.69. The number of benzene rings is 1. The van der Waals surface area contributed by atoms with Crippen molar-refractivity contribution >= 4 is 11.6 Å². The van der Waals surface area contributed by atoms with Crippen LogP contribution in [0.5, 0.6) is 0 Å². The lowest BCUT2D eigenvalue weighted by Crippen LogP contribution is -2.49. The van der Waals surface area contributed by atoms with E-state index in [1.807, 2.05) is 13.8 Å². The van der Waals surface area contributed by atoms with Crippen LogP contribution in [-0.4, -0.2) is 43.5 Å². The van der Waals surface area contributed by atoms with Crippen LogP contribution in [0.1, 0.15) is 19.4 Å². The largest absolute Gasteiger partial charge is 0.356 e. The van der Waals surface area contributed by atoms with E-state index in [0.29, 0.717) is 25.2 Å². The number of hydrogen-bond donors (Lipinski definition) is 1. The van der Waals surface area contributed by atoms with Gasteiger partial charge in [-0.3, -0.25) is 4.79 Å². The number of rotatable bonds is 4. The van der Waals surface area contributed by atoms with Crippen LogP contribution >= 0.6 is 0 Å². The zero-order valence-corrected chi connectivity index (χ0v) is 12.6. The van der Waals surface area contributed by atoms with Crippen molar-refractivity contribution in [1.29, 1.82) is 0 Å². The molecular weight excluding hydrogens is 276 g/mol. The first-order chi connectivity index (χ1) is 9.88. The van der Waals surface area contributed by atoms with Crippen molar-refractivity contribution in [2.24, 2.45) is 0 Å². The molecule has 4 nitrogen and oxygen atoms in total. The fraction of sp³-hybridized carbons (Fsp3) is 0.533. The molecule has 0 spiro atoms. The Morgan fingerprint density at radius 1 is 1.24 bits per heavy atom. The van der Waals surface area contributed by atoms with Crippen LogP contribution in [0.15, 0.2) is 12.1 Å². The van der Waals surface area contributed by atoms with Crippen LogP contribution in [0.3, 0.4) is 0 Å².